The Morgan fingerprint density at radius 3 is 2.80 bits per heavy atom. The van der Waals surface area contributed by atoms with Crippen LogP contribution in [0.25, 0.3) is 5.69 Å². The Kier molecular flexibility index (Phi) is 3.49. The number of halogens is 3. The first kappa shape index (κ1) is 11.2. The summed E-state index contributed by atoms with van der Waals surface area (Å²) >= 11 is 12.7. The summed E-state index contributed by atoms with van der Waals surface area (Å²) < 4.78 is 2.84. The molecule has 0 unspecified atom stereocenters. The summed E-state index contributed by atoms with van der Waals surface area (Å²) in [5.74, 6) is 0. The molecular formula is C10H7Br2ClN2. The van der Waals surface area contributed by atoms with E-state index in [1.807, 2.05) is 29.0 Å². The van der Waals surface area contributed by atoms with Crippen molar-refractivity contribution in [3.63, 3.8) is 0 Å². The number of hydrogen-bond donors (Lipinski definition) is 0. The summed E-state index contributed by atoms with van der Waals surface area (Å²) in [4.78, 5) is 4.22. The molecule has 1 aromatic carbocycles. The Hall–Kier alpha value is -0.320. The minimum atomic E-state index is 0.696. The monoisotopic (exact) mass is 348 g/mol. The van der Waals surface area contributed by atoms with Crippen molar-refractivity contribution >= 4 is 43.5 Å². The lowest BCUT2D eigenvalue weighted by Crippen LogP contribution is -1.89. The first-order valence-corrected chi connectivity index (χ1v) is 6.54. The van der Waals surface area contributed by atoms with E-state index in [9.17, 15) is 0 Å². The molecule has 0 fully saturated rings. The molecule has 0 amide bonds. The van der Waals surface area contributed by atoms with E-state index in [0.29, 0.717) is 5.02 Å². The quantitative estimate of drug-likeness (QED) is 0.743. The van der Waals surface area contributed by atoms with Gasteiger partial charge in [-0.25, -0.2) is 4.98 Å². The van der Waals surface area contributed by atoms with Crippen molar-refractivity contribution in [2.45, 2.75) is 5.33 Å². The van der Waals surface area contributed by atoms with E-state index in [1.54, 1.807) is 6.33 Å². The van der Waals surface area contributed by atoms with Gasteiger partial charge in [0.25, 0.3) is 0 Å². The lowest BCUT2D eigenvalue weighted by molar-refractivity contribution is 1.06. The van der Waals surface area contributed by atoms with E-state index in [-0.39, 0.29) is 0 Å². The van der Waals surface area contributed by atoms with Crippen LogP contribution in [0.3, 0.4) is 0 Å². The van der Waals surface area contributed by atoms with Gasteiger partial charge in [-0.1, -0.05) is 27.5 Å². The van der Waals surface area contributed by atoms with Gasteiger partial charge < -0.3 is 4.57 Å². The van der Waals surface area contributed by atoms with Crippen LogP contribution < -0.4 is 0 Å². The minimum absolute atomic E-state index is 0.696. The summed E-state index contributed by atoms with van der Waals surface area (Å²) in [6.45, 7) is 0. The van der Waals surface area contributed by atoms with Crippen LogP contribution in [0.2, 0.25) is 5.02 Å². The zero-order valence-corrected chi connectivity index (χ0v) is 11.6. The van der Waals surface area contributed by atoms with Crippen LogP contribution in [-0.4, -0.2) is 9.55 Å². The fourth-order valence-corrected chi connectivity index (χ4v) is 1.93. The molecule has 0 saturated carbocycles. The normalized spacial score (nSPS) is 10.6. The van der Waals surface area contributed by atoms with Gasteiger partial charge in [0.2, 0.25) is 0 Å². The van der Waals surface area contributed by atoms with Gasteiger partial charge in [0.15, 0.2) is 0 Å². The Labute approximate surface area is 110 Å². The fraction of sp³-hybridized carbons (Fsp3) is 0.100. The van der Waals surface area contributed by atoms with E-state index < -0.39 is 0 Å². The summed E-state index contributed by atoms with van der Waals surface area (Å²) in [5, 5.41) is 1.45. The van der Waals surface area contributed by atoms with Crippen LogP contribution >= 0.6 is 43.5 Å². The number of rotatable bonds is 2. The smallest absolute Gasteiger partial charge is 0.0995 e. The number of hydrogen-bond acceptors (Lipinski definition) is 1. The third kappa shape index (κ3) is 2.44. The van der Waals surface area contributed by atoms with E-state index in [2.05, 4.69) is 36.8 Å². The Balaban J connectivity index is 2.40. The molecule has 78 valence electrons. The summed E-state index contributed by atoms with van der Waals surface area (Å²) in [6.07, 6.45) is 3.74. The van der Waals surface area contributed by atoms with E-state index in [0.717, 1.165) is 21.2 Å². The minimum Gasteiger partial charge on any atom is -0.306 e. The maximum Gasteiger partial charge on any atom is 0.0995 e. The van der Waals surface area contributed by atoms with Gasteiger partial charge in [-0.05, 0) is 34.1 Å². The van der Waals surface area contributed by atoms with Gasteiger partial charge in [-0.2, -0.15) is 0 Å². The maximum absolute atomic E-state index is 6.01. The molecule has 5 heteroatoms. The Morgan fingerprint density at radius 2 is 2.20 bits per heavy atom. The lowest BCUT2D eigenvalue weighted by atomic mass is 10.3. The zero-order chi connectivity index (χ0) is 10.8. The third-order valence-electron chi connectivity index (χ3n) is 1.97. The largest absolute Gasteiger partial charge is 0.306 e. The van der Waals surface area contributed by atoms with Crippen molar-refractivity contribution in [1.29, 1.82) is 0 Å². The second-order valence-corrected chi connectivity index (χ2v) is 4.83. The third-order valence-corrected chi connectivity index (χ3v) is 3.78. The van der Waals surface area contributed by atoms with Crippen LogP contribution in [0.4, 0.5) is 0 Å². The lowest BCUT2D eigenvalue weighted by Gasteiger charge is -2.03. The first-order valence-electron chi connectivity index (χ1n) is 4.25. The van der Waals surface area contributed by atoms with Gasteiger partial charge in [0.05, 0.1) is 17.0 Å². The number of benzene rings is 1. The Bertz CT molecular complexity index is 482. The molecule has 0 spiro atoms. The highest BCUT2D eigenvalue weighted by atomic mass is 79.9. The zero-order valence-electron chi connectivity index (χ0n) is 7.62. The molecule has 2 aromatic rings. The predicted octanol–water partition coefficient (Wildman–Crippen LogP) is 4.18. The molecule has 1 heterocycles. The van der Waals surface area contributed by atoms with Crippen LogP contribution in [0.5, 0.6) is 0 Å². The molecule has 0 aliphatic rings. The maximum atomic E-state index is 6.01. The molecule has 0 N–H and O–H groups in total. The molecule has 0 aliphatic heterocycles. The molecule has 0 aliphatic carbocycles. The van der Waals surface area contributed by atoms with Crippen LogP contribution in [0.15, 0.2) is 35.2 Å². The standard InChI is InChI=1S/C10H7Br2ClN2/c11-4-7-5-15(6-14-7)8-1-2-9(12)10(13)3-8/h1-3,5-6H,4H2. The molecule has 0 bridgehead atoms. The summed E-state index contributed by atoms with van der Waals surface area (Å²) in [5.41, 5.74) is 2.00. The van der Waals surface area contributed by atoms with Gasteiger partial charge in [-0.3, -0.25) is 0 Å². The van der Waals surface area contributed by atoms with Crippen molar-refractivity contribution in [2.24, 2.45) is 0 Å². The van der Waals surface area contributed by atoms with Crippen LogP contribution in [0, 0.1) is 0 Å². The van der Waals surface area contributed by atoms with Crippen LogP contribution in [0.1, 0.15) is 5.69 Å². The number of nitrogens with zero attached hydrogens (tertiary/aromatic N) is 2. The van der Waals surface area contributed by atoms with Gasteiger partial charge in [-0.15, -0.1) is 0 Å². The highest BCUT2D eigenvalue weighted by Gasteiger charge is 2.02. The van der Waals surface area contributed by atoms with E-state index >= 15 is 0 Å². The number of imidazole rings is 1. The summed E-state index contributed by atoms with van der Waals surface area (Å²) in [6, 6.07) is 5.80. The van der Waals surface area contributed by atoms with Crippen LogP contribution in [-0.2, 0) is 5.33 Å². The van der Waals surface area contributed by atoms with Gasteiger partial charge in [0, 0.05) is 21.7 Å². The van der Waals surface area contributed by atoms with Gasteiger partial charge in [0.1, 0.15) is 0 Å². The highest BCUT2D eigenvalue weighted by Crippen LogP contribution is 2.25. The first-order chi connectivity index (χ1) is 7.20. The molecular weight excluding hydrogens is 343 g/mol. The van der Waals surface area contributed by atoms with Crippen molar-refractivity contribution in [3.8, 4) is 5.69 Å². The molecule has 0 atom stereocenters. The Morgan fingerprint density at radius 1 is 1.40 bits per heavy atom. The second kappa shape index (κ2) is 4.68. The molecule has 2 nitrogen and oxygen atoms in total. The van der Waals surface area contributed by atoms with Gasteiger partial charge >= 0.3 is 0 Å². The summed E-state index contributed by atoms with van der Waals surface area (Å²) in [7, 11) is 0. The molecule has 0 saturated heterocycles. The molecule has 0 radical (unpaired) electrons. The second-order valence-electron chi connectivity index (χ2n) is 3.00. The average molecular weight is 350 g/mol. The topological polar surface area (TPSA) is 17.8 Å². The van der Waals surface area contributed by atoms with E-state index in [1.165, 1.54) is 0 Å². The van der Waals surface area contributed by atoms with Crippen molar-refractivity contribution in [2.75, 3.05) is 0 Å². The highest BCUT2D eigenvalue weighted by molar-refractivity contribution is 9.10. The average Bonchev–Trinajstić information content (AvgIpc) is 2.70. The van der Waals surface area contributed by atoms with E-state index in [4.69, 9.17) is 11.6 Å². The number of alkyl halides is 1. The van der Waals surface area contributed by atoms with Crippen molar-refractivity contribution < 1.29 is 0 Å². The van der Waals surface area contributed by atoms with Crippen molar-refractivity contribution in [3.05, 3.63) is 45.9 Å². The molecule has 1 aromatic heterocycles. The fourth-order valence-electron chi connectivity index (χ4n) is 1.22. The predicted molar refractivity (Wildman–Crippen MR) is 68.9 cm³/mol. The SMILES string of the molecule is Clc1cc(-n2cnc(CBr)c2)ccc1Br. The number of aromatic nitrogens is 2. The molecule has 2 rings (SSSR count). The molecule has 15 heavy (non-hydrogen) atoms. The van der Waals surface area contributed by atoms with Crippen molar-refractivity contribution in [1.82, 2.24) is 9.55 Å².